The maximum absolute atomic E-state index is 9.86. The van der Waals surface area contributed by atoms with Crippen LogP contribution in [0.25, 0.3) is 0 Å². The minimum atomic E-state index is -0.544. The molecule has 1 unspecified atom stereocenters. The van der Waals surface area contributed by atoms with E-state index >= 15 is 0 Å². The van der Waals surface area contributed by atoms with E-state index in [9.17, 15) is 5.11 Å². The Morgan fingerprint density at radius 2 is 2.00 bits per heavy atom. The third kappa shape index (κ3) is 6.06. The molecule has 0 fully saturated rings. The van der Waals surface area contributed by atoms with Gasteiger partial charge in [0.15, 0.2) is 0 Å². The van der Waals surface area contributed by atoms with Crippen LogP contribution in [-0.4, -0.2) is 35.8 Å². The topological polar surface area (TPSA) is 71.9 Å². The predicted octanol–water partition coefficient (Wildman–Crippen LogP) is 2.39. The van der Waals surface area contributed by atoms with Gasteiger partial charge in [-0.3, -0.25) is 4.90 Å². The van der Waals surface area contributed by atoms with Crippen molar-refractivity contribution in [3.05, 3.63) is 54.0 Å². The van der Waals surface area contributed by atoms with Crippen LogP contribution in [0, 0.1) is 0 Å². The van der Waals surface area contributed by atoms with E-state index in [1.165, 1.54) is 0 Å². The number of furan rings is 1. The zero-order valence-electron chi connectivity index (χ0n) is 13.6. The summed E-state index contributed by atoms with van der Waals surface area (Å²) in [5.74, 6) is 1.76. The second-order valence-electron chi connectivity index (χ2n) is 5.63. The summed E-state index contributed by atoms with van der Waals surface area (Å²) >= 11 is 0. The molecule has 126 valence electrons. The summed E-state index contributed by atoms with van der Waals surface area (Å²) in [4.78, 5) is 2.12. The second kappa shape index (κ2) is 9.35. The molecule has 2 rings (SSSR count). The van der Waals surface area contributed by atoms with Gasteiger partial charge < -0.3 is 20.0 Å². The molecule has 0 amide bonds. The van der Waals surface area contributed by atoms with Crippen molar-refractivity contribution in [2.75, 3.05) is 19.7 Å². The lowest BCUT2D eigenvalue weighted by Gasteiger charge is -2.23. The summed E-state index contributed by atoms with van der Waals surface area (Å²) in [5, 5.41) is 9.86. The Labute approximate surface area is 137 Å². The lowest BCUT2D eigenvalue weighted by molar-refractivity contribution is 0.106. The number of nitrogens with two attached hydrogens (primary N) is 1. The molecule has 23 heavy (non-hydrogen) atoms. The van der Waals surface area contributed by atoms with Gasteiger partial charge in [0.05, 0.1) is 25.5 Å². The van der Waals surface area contributed by atoms with Gasteiger partial charge in [-0.25, -0.2) is 0 Å². The Bertz CT molecular complexity index is 540. The molecule has 3 N–H and O–H groups in total. The molecule has 5 nitrogen and oxygen atoms in total. The van der Waals surface area contributed by atoms with Crippen molar-refractivity contribution in [3.63, 3.8) is 0 Å². The SMILES string of the molecule is CCCOc1ccc(CN(Cc2ccco2)CC(O)CN)cc1. The molecule has 1 heterocycles. The maximum atomic E-state index is 9.86. The highest BCUT2D eigenvalue weighted by molar-refractivity contribution is 5.27. The van der Waals surface area contributed by atoms with Crippen molar-refractivity contribution in [1.82, 2.24) is 4.90 Å². The van der Waals surface area contributed by atoms with E-state index in [4.69, 9.17) is 14.9 Å². The molecule has 1 aromatic carbocycles. The van der Waals surface area contributed by atoms with E-state index in [0.717, 1.165) is 30.1 Å². The van der Waals surface area contributed by atoms with E-state index < -0.39 is 6.10 Å². The molecule has 0 saturated carbocycles. The molecular formula is C18H26N2O3. The van der Waals surface area contributed by atoms with Crippen LogP contribution in [0.5, 0.6) is 5.75 Å². The Morgan fingerprint density at radius 3 is 2.61 bits per heavy atom. The van der Waals surface area contributed by atoms with Crippen LogP contribution in [0.2, 0.25) is 0 Å². The fraction of sp³-hybridized carbons (Fsp3) is 0.444. The average molecular weight is 318 g/mol. The zero-order chi connectivity index (χ0) is 16.5. The zero-order valence-corrected chi connectivity index (χ0v) is 13.6. The lowest BCUT2D eigenvalue weighted by atomic mass is 10.2. The number of aliphatic hydroxyl groups is 1. The normalized spacial score (nSPS) is 12.5. The van der Waals surface area contributed by atoms with Gasteiger partial charge >= 0.3 is 0 Å². The highest BCUT2D eigenvalue weighted by Crippen LogP contribution is 2.16. The quantitative estimate of drug-likeness (QED) is 0.704. The number of aliphatic hydroxyl groups excluding tert-OH is 1. The molecule has 0 spiro atoms. The van der Waals surface area contributed by atoms with Gasteiger partial charge in [-0.2, -0.15) is 0 Å². The highest BCUT2D eigenvalue weighted by atomic mass is 16.5. The van der Waals surface area contributed by atoms with Gasteiger partial charge in [-0.05, 0) is 36.2 Å². The number of benzene rings is 1. The first-order chi connectivity index (χ1) is 11.2. The van der Waals surface area contributed by atoms with Crippen molar-refractivity contribution in [1.29, 1.82) is 0 Å². The molecule has 1 aromatic heterocycles. The number of hydrogen-bond donors (Lipinski definition) is 2. The number of rotatable bonds is 10. The van der Waals surface area contributed by atoms with Crippen LogP contribution in [-0.2, 0) is 13.1 Å². The van der Waals surface area contributed by atoms with Gasteiger partial charge in [-0.15, -0.1) is 0 Å². The minimum Gasteiger partial charge on any atom is -0.494 e. The third-order valence-electron chi connectivity index (χ3n) is 3.50. The fourth-order valence-electron chi connectivity index (χ4n) is 2.35. The summed E-state index contributed by atoms with van der Waals surface area (Å²) < 4.78 is 11.0. The number of hydrogen-bond acceptors (Lipinski definition) is 5. The molecule has 0 bridgehead atoms. The van der Waals surface area contributed by atoms with Crippen molar-refractivity contribution in [3.8, 4) is 5.75 Å². The first kappa shape index (κ1) is 17.5. The van der Waals surface area contributed by atoms with Crippen LogP contribution >= 0.6 is 0 Å². The average Bonchev–Trinajstić information content (AvgIpc) is 3.07. The van der Waals surface area contributed by atoms with Crippen molar-refractivity contribution < 1.29 is 14.3 Å². The lowest BCUT2D eigenvalue weighted by Crippen LogP contribution is -2.35. The van der Waals surface area contributed by atoms with Crippen LogP contribution < -0.4 is 10.5 Å². The second-order valence-corrected chi connectivity index (χ2v) is 5.63. The van der Waals surface area contributed by atoms with E-state index in [1.54, 1.807) is 6.26 Å². The van der Waals surface area contributed by atoms with Crippen molar-refractivity contribution >= 4 is 0 Å². The van der Waals surface area contributed by atoms with Crippen LogP contribution in [0.1, 0.15) is 24.7 Å². The molecule has 1 atom stereocenters. The maximum Gasteiger partial charge on any atom is 0.119 e. The number of nitrogens with zero attached hydrogens (tertiary/aromatic N) is 1. The molecule has 0 aliphatic carbocycles. The summed E-state index contributed by atoms with van der Waals surface area (Å²) in [7, 11) is 0. The highest BCUT2D eigenvalue weighted by Gasteiger charge is 2.13. The van der Waals surface area contributed by atoms with E-state index in [0.29, 0.717) is 19.6 Å². The molecule has 0 aliphatic rings. The van der Waals surface area contributed by atoms with Gasteiger partial charge in [0.2, 0.25) is 0 Å². The van der Waals surface area contributed by atoms with Crippen LogP contribution in [0.3, 0.4) is 0 Å². The van der Waals surface area contributed by atoms with Gasteiger partial charge in [0, 0.05) is 19.6 Å². The monoisotopic (exact) mass is 318 g/mol. The van der Waals surface area contributed by atoms with Crippen molar-refractivity contribution in [2.24, 2.45) is 5.73 Å². The molecule has 0 saturated heterocycles. The van der Waals surface area contributed by atoms with Crippen LogP contribution in [0.4, 0.5) is 0 Å². The van der Waals surface area contributed by atoms with E-state index in [2.05, 4.69) is 24.0 Å². The molecule has 2 aromatic rings. The fourth-order valence-corrected chi connectivity index (χ4v) is 2.35. The summed E-state index contributed by atoms with van der Waals surface area (Å²) in [6.07, 6.45) is 2.11. The molecule has 5 heteroatoms. The van der Waals surface area contributed by atoms with E-state index in [1.807, 2.05) is 24.3 Å². The minimum absolute atomic E-state index is 0.248. The summed E-state index contributed by atoms with van der Waals surface area (Å²) in [5.41, 5.74) is 6.69. The Kier molecular flexibility index (Phi) is 7.13. The predicted molar refractivity (Wildman–Crippen MR) is 90.1 cm³/mol. The molecular weight excluding hydrogens is 292 g/mol. The third-order valence-corrected chi connectivity index (χ3v) is 3.50. The van der Waals surface area contributed by atoms with Gasteiger partial charge in [-0.1, -0.05) is 19.1 Å². The first-order valence-corrected chi connectivity index (χ1v) is 8.06. The Hall–Kier alpha value is -1.82. The van der Waals surface area contributed by atoms with Gasteiger partial charge in [0.1, 0.15) is 11.5 Å². The molecule has 0 radical (unpaired) electrons. The van der Waals surface area contributed by atoms with Gasteiger partial charge in [0.25, 0.3) is 0 Å². The summed E-state index contributed by atoms with van der Waals surface area (Å²) in [6.45, 7) is 4.92. The van der Waals surface area contributed by atoms with Crippen molar-refractivity contribution in [2.45, 2.75) is 32.5 Å². The first-order valence-electron chi connectivity index (χ1n) is 8.06. The summed E-state index contributed by atoms with van der Waals surface area (Å²) in [6, 6.07) is 11.9. The molecule has 0 aliphatic heterocycles. The Balaban J connectivity index is 1.98. The van der Waals surface area contributed by atoms with E-state index in [-0.39, 0.29) is 6.54 Å². The number of ether oxygens (including phenoxy) is 1. The van der Waals surface area contributed by atoms with Crippen LogP contribution in [0.15, 0.2) is 47.1 Å². The largest absolute Gasteiger partial charge is 0.494 e. The smallest absolute Gasteiger partial charge is 0.119 e. The Morgan fingerprint density at radius 1 is 1.22 bits per heavy atom. The standard InChI is InChI=1S/C18H26N2O3/c1-2-9-22-17-7-5-15(6-8-17)12-20(13-16(21)11-19)14-18-4-3-10-23-18/h3-8,10,16,21H,2,9,11-14,19H2,1H3.